The molecule has 4 N–H and O–H groups in total. The SMILES string of the molecule is C=C(C1CCCC[C@]1(C)C(=C=O)CCc1ccc(CC)cc1OC)N1CCc2c(Cl)cc(F)c(CC/C(N)=C(\C(C)F)N(C)N)c2C1CC. The standard InChI is InChI=1S/C40H55ClF2N4O2/c1-8-27-13-14-28(37(22-27)49-7)15-16-29(24-48)40(5)20-11-10-12-32(40)26(4)47-21-19-30-33(41)23-34(43)31(38(30)36(47)9-2)17-18-35(44)39(25(3)42)46(6)45/h13-14,22-23,25,32,36H,4,8-12,15-21,44-45H2,1-3,5-7H3/b39-35-/t25?,32?,36?,40-/m1/s1. The Hall–Kier alpha value is -3.32. The van der Waals surface area contributed by atoms with Gasteiger partial charge in [-0.25, -0.2) is 19.4 Å². The highest BCUT2D eigenvalue weighted by molar-refractivity contribution is 6.31. The zero-order valence-corrected chi connectivity index (χ0v) is 31.0. The van der Waals surface area contributed by atoms with E-state index in [1.54, 1.807) is 14.2 Å². The van der Waals surface area contributed by atoms with Crippen LogP contribution in [0.25, 0.3) is 0 Å². The first-order valence-electron chi connectivity index (χ1n) is 17.8. The Morgan fingerprint density at radius 2 is 1.98 bits per heavy atom. The van der Waals surface area contributed by atoms with Crippen molar-refractivity contribution in [3.63, 3.8) is 0 Å². The molecule has 4 rings (SSSR count). The van der Waals surface area contributed by atoms with Crippen molar-refractivity contribution in [1.29, 1.82) is 0 Å². The summed E-state index contributed by atoms with van der Waals surface area (Å²) in [6.45, 7) is 13.2. The molecule has 0 spiro atoms. The predicted octanol–water partition coefficient (Wildman–Crippen LogP) is 8.73. The van der Waals surface area contributed by atoms with Gasteiger partial charge in [0.2, 0.25) is 0 Å². The van der Waals surface area contributed by atoms with Crippen molar-refractivity contribution in [1.82, 2.24) is 9.91 Å². The molecule has 0 aromatic heterocycles. The van der Waals surface area contributed by atoms with Crippen molar-refractivity contribution in [2.75, 3.05) is 20.7 Å². The van der Waals surface area contributed by atoms with Crippen molar-refractivity contribution >= 4 is 17.5 Å². The number of rotatable bonds is 14. The average molecular weight is 697 g/mol. The van der Waals surface area contributed by atoms with Gasteiger partial charge in [-0.15, -0.1) is 0 Å². The molecule has 2 aliphatic rings. The van der Waals surface area contributed by atoms with E-state index in [0.29, 0.717) is 48.5 Å². The highest BCUT2D eigenvalue weighted by Crippen LogP contribution is 2.52. The molecule has 4 atom stereocenters. The first kappa shape index (κ1) is 38.5. The van der Waals surface area contributed by atoms with Gasteiger partial charge in [-0.3, -0.25) is 0 Å². The van der Waals surface area contributed by atoms with Gasteiger partial charge < -0.3 is 20.4 Å². The molecule has 3 unspecified atom stereocenters. The van der Waals surface area contributed by atoms with E-state index in [1.165, 1.54) is 23.6 Å². The number of nitrogens with two attached hydrogens (primary N) is 2. The topological polar surface area (TPSA) is 84.8 Å². The van der Waals surface area contributed by atoms with Crippen LogP contribution < -0.4 is 16.3 Å². The Balaban J connectivity index is 1.66. The van der Waals surface area contributed by atoms with Crippen LogP contribution in [-0.2, 0) is 30.5 Å². The minimum atomic E-state index is -1.36. The van der Waals surface area contributed by atoms with Crippen LogP contribution in [0.1, 0.15) is 106 Å². The number of hydrogen-bond donors (Lipinski definition) is 2. The van der Waals surface area contributed by atoms with Crippen LogP contribution >= 0.6 is 11.6 Å². The Bertz CT molecular complexity index is 1590. The summed E-state index contributed by atoms with van der Waals surface area (Å²) in [4.78, 5) is 15.1. The zero-order valence-electron chi connectivity index (χ0n) is 30.2. The molecule has 0 saturated heterocycles. The summed E-state index contributed by atoms with van der Waals surface area (Å²) in [6, 6.07) is 7.54. The number of carbonyl (C=O) groups excluding carboxylic acids is 1. The normalized spacial score (nSPS) is 21.7. The van der Waals surface area contributed by atoms with E-state index in [1.807, 2.05) is 0 Å². The zero-order chi connectivity index (χ0) is 36.0. The van der Waals surface area contributed by atoms with Gasteiger partial charge >= 0.3 is 0 Å². The molecule has 0 amide bonds. The van der Waals surface area contributed by atoms with Gasteiger partial charge in [-0.1, -0.05) is 63.9 Å². The number of allylic oxidation sites excluding steroid dienone is 4. The Kier molecular flexibility index (Phi) is 13.0. The van der Waals surface area contributed by atoms with Crippen molar-refractivity contribution in [3.8, 4) is 5.75 Å². The third kappa shape index (κ3) is 8.03. The summed E-state index contributed by atoms with van der Waals surface area (Å²) < 4.78 is 35.9. The van der Waals surface area contributed by atoms with E-state index in [-0.39, 0.29) is 30.5 Å². The lowest BCUT2D eigenvalue weighted by atomic mass is 9.61. The number of hydrogen-bond acceptors (Lipinski definition) is 6. The predicted molar refractivity (Wildman–Crippen MR) is 196 cm³/mol. The summed E-state index contributed by atoms with van der Waals surface area (Å²) in [5, 5.41) is 1.61. The van der Waals surface area contributed by atoms with Crippen LogP contribution in [0.15, 0.2) is 53.5 Å². The van der Waals surface area contributed by atoms with Crippen LogP contribution in [0.5, 0.6) is 5.75 Å². The van der Waals surface area contributed by atoms with Gasteiger partial charge in [0.15, 0.2) is 0 Å². The first-order chi connectivity index (χ1) is 23.3. The fourth-order valence-corrected chi connectivity index (χ4v) is 8.75. The maximum absolute atomic E-state index is 15.8. The molecule has 49 heavy (non-hydrogen) atoms. The lowest BCUT2D eigenvalue weighted by molar-refractivity contribution is 0.121. The Morgan fingerprint density at radius 3 is 2.59 bits per heavy atom. The monoisotopic (exact) mass is 696 g/mol. The van der Waals surface area contributed by atoms with E-state index in [2.05, 4.69) is 49.8 Å². The van der Waals surface area contributed by atoms with Crippen molar-refractivity contribution in [2.45, 2.75) is 111 Å². The largest absolute Gasteiger partial charge is 0.496 e. The van der Waals surface area contributed by atoms with Crippen molar-refractivity contribution in [2.24, 2.45) is 22.9 Å². The fourth-order valence-electron chi connectivity index (χ4n) is 8.46. The van der Waals surface area contributed by atoms with Gasteiger partial charge in [0, 0.05) is 46.9 Å². The lowest BCUT2D eigenvalue weighted by Crippen LogP contribution is -2.43. The molecular weight excluding hydrogens is 642 g/mol. The van der Waals surface area contributed by atoms with E-state index >= 15 is 4.39 Å². The molecule has 0 bridgehead atoms. The minimum Gasteiger partial charge on any atom is -0.496 e. The van der Waals surface area contributed by atoms with Crippen LogP contribution in [0, 0.1) is 17.2 Å². The number of nitrogens with zero attached hydrogens (tertiary/aromatic N) is 2. The third-order valence-corrected chi connectivity index (χ3v) is 11.4. The van der Waals surface area contributed by atoms with Crippen LogP contribution in [0.2, 0.25) is 5.02 Å². The smallest absolute Gasteiger partial charge is 0.140 e. The summed E-state index contributed by atoms with van der Waals surface area (Å²) in [5.41, 5.74) is 12.8. The molecule has 268 valence electrons. The van der Waals surface area contributed by atoms with E-state index < -0.39 is 17.4 Å². The van der Waals surface area contributed by atoms with Crippen molar-refractivity contribution < 1.29 is 18.3 Å². The maximum atomic E-state index is 15.8. The number of aryl methyl sites for hydroxylation is 2. The molecular formula is C40H55ClF2N4O2. The highest BCUT2D eigenvalue weighted by atomic mass is 35.5. The Morgan fingerprint density at radius 1 is 1.24 bits per heavy atom. The second-order valence-electron chi connectivity index (χ2n) is 14.0. The van der Waals surface area contributed by atoms with E-state index in [4.69, 9.17) is 34.5 Å². The van der Waals surface area contributed by atoms with Crippen LogP contribution in [-0.4, -0.2) is 42.7 Å². The third-order valence-electron chi connectivity index (χ3n) is 11.1. The average Bonchev–Trinajstić information content (AvgIpc) is 3.07. The molecule has 1 heterocycles. The molecule has 2 aromatic carbocycles. The van der Waals surface area contributed by atoms with Gasteiger partial charge in [-0.2, -0.15) is 0 Å². The van der Waals surface area contributed by atoms with Crippen molar-refractivity contribution in [3.05, 3.63) is 92.2 Å². The molecule has 6 nitrogen and oxygen atoms in total. The summed E-state index contributed by atoms with van der Waals surface area (Å²) in [6.07, 6.45) is 6.54. The van der Waals surface area contributed by atoms with Gasteiger partial charge in [0.1, 0.15) is 23.7 Å². The highest BCUT2D eigenvalue weighted by Gasteiger charge is 2.44. The minimum absolute atomic E-state index is 0.0254. The number of halogens is 3. The quantitative estimate of drug-likeness (QED) is 0.117. The molecule has 9 heteroatoms. The molecule has 2 aromatic rings. The molecule has 1 fully saturated rings. The second-order valence-corrected chi connectivity index (χ2v) is 14.4. The van der Waals surface area contributed by atoms with Gasteiger partial charge in [0.05, 0.1) is 18.8 Å². The molecule has 1 saturated carbocycles. The first-order valence-corrected chi connectivity index (χ1v) is 18.2. The van der Waals surface area contributed by atoms with Gasteiger partial charge in [0.25, 0.3) is 0 Å². The number of alkyl halides is 1. The summed E-state index contributed by atoms with van der Waals surface area (Å²) >= 11 is 6.70. The number of hydrazine groups is 1. The summed E-state index contributed by atoms with van der Waals surface area (Å²) in [5.74, 6) is 8.75. The Labute approximate surface area is 297 Å². The number of fused-ring (bicyclic) bond motifs is 1. The number of benzene rings is 2. The summed E-state index contributed by atoms with van der Waals surface area (Å²) in [7, 11) is 3.24. The van der Waals surface area contributed by atoms with Gasteiger partial charge in [-0.05, 0) is 105 Å². The van der Waals surface area contributed by atoms with E-state index in [0.717, 1.165) is 65.8 Å². The molecule has 1 aliphatic heterocycles. The second kappa shape index (κ2) is 16.6. The fraction of sp³-hybridized carbons (Fsp3) is 0.550. The van der Waals surface area contributed by atoms with E-state index in [9.17, 15) is 9.18 Å². The number of methoxy groups -OCH3 is 1. The van der Waals surface area contributed by atoms with Crippen LogP contribution in [0.3, 0.4) is 0 Å². The maximum Gasteiger partial charge on any atom is 0.140 e. The molecule has 0 radical (unpaired) electrons. The van der Waals surface area contributed by atoms with Crippen LogP contribution in [0.4, 0.5) is 8.78 Å². The number of ether oxygens (including phenoxy) is 1. The lowest BCUT2D eigenvalue weighted by Gasteiger charge is -2.49. The molecule has 1 aliphatic carbocycles.